The maximum absolute atomic E-state index is 5.80. The van der Waals surface area contributed by atoms with Gasteiger partial charge in [-0.25, -0.2) is 0 Å². The average Bonchev–Trinajstić information content (AvgIpc) is 2.98. The van der Waals surface area contributed by atoms with Crippen molar-refractivity contribution in [2.45, 2.75) is 19.4 Å². The number of aromatic nitrogens is 2. The molecule has 1 fully saturated rings. The van der Waals surface area contributed by atoms with Crippen molar-refractivity contribution in [3.63, 3.8) is 0 Å². The topological polar surface area (TPSA) is 39.1 Å². The molecule has 1 atom stereocenters. The fourth-order valence-corrected chi connectivity index (χ4v) is 2.25. The summed E-state index contributed by atoms with van der Waals surface area (Å²) in [7, 11) is 0. The molecule has 0 aliphatic carbocycles. The molecule has 0 saturated carbocycles. The lowest BCUT2D eigenvalue weighted by atomic mass is 10.2. The first-order chi connectivity index (χ1) is 8.81. The summed E-state index contributed by atoms with van der Waals surface area (Å²) in [5.74, 6) is 1.66. The van der Waals surface area contributed by atoms with Gasteiger partial charge < -0.3 is 10.1 Å². The van der Waals surface area contributed by atoms with E-state index in [0.717, 1.165) is 31.0 Å². The summed E-state index contributed by atoms with van der Waals surface area (Å²) >= 11 is 0. The highest BCUT2D eigenvalue weighted by Gasteiger charge is 2.17. The van der Waals surface area contributed by atoms with Gasteiger partial charge >= 0.3 is 0 Å². The highest BCUT2D eigenvalue weighted by atomic mass is 16.5. The molecule has 1 aromatic carbocycles. The quantitative estimate of drug-likeness (QED) is 0.900. The van der Waals surface area contributed by atoms with Gasteiger partial charge in [0.1, 0.15) is 5.75 Å². The second-order valence-corrected chi connectivity index (χ2v) is 4.72. The molecule has 0 spiro atoms. The molecule has 0 bridgehead atoms. The Kier molecular flexibility index (Phi) is 3.02. The van der Waals surface area contributed by atoms with E-state index in [0.29, 0.717) is 6.04 Å². The molecule has 4 nitrogen and oxygen atoms in total. The molecule has 2 heterocycles. The van der Waals surface area contributed by atoms with Gasteiger partial charge in [0.05, 0.1) is 18.4 Å². The Morgan fingerprint density at radius 1 is 1.39 bits per heavy atom. The molecule has 2 aromatic rings. The van der Waals surface area contributed by atoms with Gasteiger partial charge in [-0.2, -0.15) is 5.10 Å². The minimum Gasteiger partial charge on any atom is -0.454 e. The lowest BCUT2D eigenvalue weighted by Crippen LogP contribution is -2.13. The number of aryl methyl sites for hydroxylation is 1. The van der Waals surface area contributed by atoms with Crippen LogP contribution in [0.25, 0.3) is 0 Å². The number of benzene rings is 1. The van der Waals surface area contributed by atoms with Gasteiger partial charge in [0, 0.05) is 6.54 Å². The highest BCUT2D eigenvalue weighted by molar-refractivity contribution is 5.31. The Hall–Kier alpha value is -1.81. The maximum Gasteiger partial charge on any atom is 0.165 e. The smallest absolute Gasteiger partial charge is 0.165 e. The summed E-state index contributed by atoms with van der Waals surface area (Å²) < 4.78 is 7.79. The van der Waals surface area contributed by atoms with Gasteiger partial charge in [0.2, 0.25) is 0 Å². The first-order valence-corrected chi connectivity index (χ1v) is 6.31. The van der Waals surface area contributed by atoms with E-state index in [4.69, 9.17) is 4.74 Å². The van der Waals surface area contributed by atoms with Crippen LogP contribution in [0, 0.1) is 6.92 Å². The number of rotatable bonds is 3. The molecule has 94 valence electrons. The van der Waals surface area contributed by atoms with Crippen molar-refractivity contribution in [2.24, 2.45) is 0 Å². The number of nitrogens with one attached hydrogen (secondary N) is 1. The molecule has 1 N–H and O–H groups in total. The van der Waals surface area contributed by atoms with Crippen molar-refractivity contribution < 1.29 is 4.74 Å². The molecular weight excluding hydrogens is 226 g/mol. The molecular formula is C14H17N3O. The highest BCUT2D eigenvalue weighted by Crippen LogP contribution is 2.23. The van der Waals surface area contributed by atoms with Crippen molar-refractivity contribution in [1.29, 1.82) is 0 Å². The fourth-order valence-electron chi connectivity index (χ4n) is 2.25. The normalized spacial score (nSPS) is 19.1. The summed E-state index contributed by atoms with van der Waals surface area (Å²) in [6, 6.07) is 8.49. The summed E-state index contributed by atoms with van der Waals surface area (Å²) in [4.78, 5) is 0. The fraction of sp³-hybridized carbons (Fsp3) is 0.357. The van der Waals surface area contributed by atoms with E-state index in [2.05, 4.69) is 23.4 Å². The summed E-state index contributed by atoms with van der Waals surface area (Å²) in [5.41, 5.74) is 1.19. The minimum atomic E-state index is 0.458. The molecule has 1 aliphatic rings. The minimum absolute atomic E-state index is 0.458. The van der Waals surface area contributed by atoms with Gasteiger partial charge in [-0.05, 0) is 37.6 Å². The summed E-state index contributed by atoms with van der Waals surface area (Å²) in [5, 5.41) is 7.70. The molecule has 4 heteroatoms. The van der Waals surface area contributed by atoms with Crippen molar-refractivity contribution in [3.05, 3.63) is 42.2 Å². The van der Waals surface area contributed by atoms with E-state index < -0.39 is 0 Å². The third-order valence-electron chi connectivity index (χ3n) is 3.21. The van der Waals surface area contributed by atoms with Crippen molar-refractivity contribution in [2.75, 3.05) is 13.1 Å². The maximum atomic E-state index is 5.80. The van der Waals surface area contributed by atoms with E-state index in [-0.39, 0.29) is 0 Å². The predicted molar refractivity (Wildman–Crippen MR) is 70.0 cm³/mol. The molecule has 3 rings (SSSR count). The largest absolute Gasteiger partial charge is 0.454 e. The molecule has 1 aromatic heterocycles. The van der Waals surface area contributed by atoms with Crippen molar-refractivity contribution in [3.8, 4) is 11.5 Å². The van der Waals surface area contributed by atoms with Gasteiger partial charge in [-0.3, -0.25) is 4.68 Å². The van der Waals surface area contributed by atoms with Crippen molar-refractivity contribution >= 4 is 0 Å². The van der Waals surface area contributed by atoms with Crippen LogP contribution in [0.5, 0.6) is 11.5 Å². The van der Waals surface area contributed by atoms with E-state index in [1.807, 2.05) is 29.1 Å². The summed E-state index contributed by atoms with van der Waals surface area (Å²) in [6.07, 6.45) is 4.88. The van der Waals surface area contributed by atoms with Crippen LogP contribution in [-0.2, 0) is 0 Å². The molecule has 0 amide bonds. The number of ether oxygens (including phenoxy) is 1. The second-order valence-electron chi connectivity index (χ2n) is 4.72. The van der Waals surface area contributed by atoms with E-state index >= 15 is 0 Å². The number of hydrogen-bond donors (Lipinski definition) is 1. The Morgan fingerprint density at radius 2 is 2.33 bits per heavy atom. The Labute approximate surface area is 107 Å². The van der Waals surface area contributed by atoms with Gasteiger partial charge in [0.25, 0.3) is 0 Å². The molecule has 0 radical (unpaired) electrons. The van der Waals surface area contributed by atoms with E-state index in [1.165, 1.54) is 5.56 Å². The second kappa shape index (κ2) is 4.82. The van der Waals surface area contributed by atoms with Gasteiger partial charge in [-0.15, -0.1) is 0 Å². The Morgan fingerprint density at radius 3 is 3.11 bits per heavy atom. The first-order valence-electron chi connectivity index (χ1n) is 6.31. The lowest BCUT2D eigenvalue weighted by molar-refractivity contribution is 0.468. The van der Waals surface area contributed by atoms with Crippen LogP contribution in [0.1, 0.15) is 18.0 Å². The molecule has 18 heavy (non-hydrogen) atoms. The van der Waals surface area contributed by atoms with Crippen LogP contribution < -0.4 is 10.1 Å². The zero-order valence-electron chi connectivity index (χ0n) is 10.5. The average molecular weight is 243 g/mol. The molecule has 1 aliphatic heterocycles. The van der Waals surface area contributed by atoms with Crippen LogP contribution in [0.3, 0.4) is 0 Å². The molecule has 1 unspecified atom stereocenters. The van der Waals surface area contributed by atoms with Crippen LogP contribution in [0.15, 0.2) is 36.7 Å². The van der Waals surface area contributed by atoms with Crippen LogP contribution in [-0.4, -0.2) is 22.9 Å². The zero-order valence-corrected chi connectivity index (χ0v) is 10.5. The monoisotopic (exact) mass is 243 g/mol. The van der Waals surface area contributed by atoms with Gasteiger partial charge in [0.15, 0.2) is 5.75 Å². The zero-order chi connectivity index (χ0) is 12.4. The third kappa shape index (κ3) is 2.38. The van der Waals surface area contributed by atoms with Crippen LogP contribution in [0.4, 0.5) is 0 Å². The van der Waals surface area contributed by atoms with Crippen LogP contribution >= 0.6 is 0 Å². The standard InChI is InChI=1S/C14H17N3O/c1-11-3-2-4-13(7-11)18-14-9-16-17(10-14)12-5-6-15-8-12/h2-4,7,9-10,12,15H,5-6,8H2,1H3. The molecule has 1 saturated heterocycles. The van der Waals surface area contributed by atoms with Crippen molar-refractivity contribution in [1.82, 2.24) is 15.1 Å². The Bertz CT molecular complexity index is 529. The summed E-state index contributed by atoms with van der Waals surface area (Å²) in [6.45, 7) is 4.12. The Balaban J connectivity index is 1.73. The number of hydrogen-bond acceptors (Lipinski definition) is 3. The number of nitrogens with zero attached hydrogens (tertiary/aromatic N) is 2. The predicted octanol–water partition coefficient (Wildman–Crippen LogP) is 2.52. The van der Waals surface area contributed by atoms with E-state index in [9.17, 15) is 0 Å². The van der Waals surface area contributed by atoms with E-state index in [1.54, 1.807) is 6.20 Å². The third-order valence-corrected chi connectivity index (χ3v) is 3.21. The first kappa shape index (κ1) is 11.3. The SMILES string of the molecule is Cc1cccc(Oc2cnn(C3CCNC3)c2)c1. The van der Waals surface area contributed by atoms with Crippen LogP contribution in [0.2, 0.25) is 0 Å². The lowest BCUT2D eigenvalue weighted by Gasteiger charge is -2.07. The van der Waals surface area contributed by atoms with Gasteiger partial charge in [-0.1, -0.05) is 12.1 Å².